The van der Waals surface area contributed by atoms with Crippen molar-refractivity contribution in [2.24, 2.45) is 17.8 Å². The normalized spacial score (nSPS) is 27.0. The van der Waals surface area contributed by atoms with Crippen molar-refractivity contribution in [2.75, 3.05) is 6.61 Å². The van der Waals surface area contributed by atoms with Crippen LogP contribution in [0, 0.1) is 17.8 Å². The first-order valence-corrected chi connectivity index (χ1v) is 13.3. The van der Waals surface area contributed by atoms with Gasteiger partial charge in [-0.1, -0.05) is 48.2 Å². The molecule has 3 aromatic rings. The molecule has 4 fully saturated rings. The Morgan fingerprint density at radius 3 is 2.18 bits per heavy atom. The Morgan fingerprint density at radius 2 is 1.59 bits per heavy atom. The topological polar surface area (TPSA) is 56.1 Å². The minimum atomic E-state index is -0.0731. The zero-order valence-corrected chi connectivity index (χ0v) is 20.4. The molecule has 4 saturated carbocycles. The number of rotatable bonds is 7. The van der Waals surface area contributed by atoms with Gasteiger partial charge in [-0.2, -0.15) is 9.78 Å². The molecule has 1 N–H and O–H groups in total. The van der Waals surface area contributed by atoms with E-state index in [2.05, 4.69) is 17.4 Å². The van der Waals surface area contributed by atoms with Crippen molar-refractivity contribution in [3.63, 3.8) is 0 Å². The van der Waals surface area contributed by atoms with Gasteiger partial charge in [0.15, 0.2) is 5.69 Å². The molecule has 34 heavy (non-hydrogen) atoms. The Bertz CT molecular complexity index is 1140. The van der Waals surface area contributed by atoms with E-state index in [1.54, 1.807) is 16.4 Å². The number of hydrogen-bond acceptors (Lipinski definition) is 4. The largest absolute Gasteiger partial charge is 0.477 e. The Morgan fingerprint density at radius 1 is 1.00 bits per heavy atom. The Labute approximate surface area is 205 Å². The van der Waals surface area contributed by atoms with Gasteiger partial charge in [0, 0.05) is 10.4 Å². The number of para-hydroxylation sites is 1. The smallest absolute Gasteiger partial charge is 0.273 e. The molecule has 0 atom stereocenters. The molecule has 0 saturated heterocycles. The first-order chi connectivity index (χ1) is 16.6. The van der Waals surface area contributed by atoms with Gasteiger partial charge in [-0.15, -0.1) is 0 Å². The number of carbonyl (C=O) groups is 1. The summed E-state index contributed by atoms with van der Waals surface area (Å²) in [6, 6.07) is 20.1. The van der Waals surface area contributed by atoms with Crippen molar-refractivity contribution in [2.45, 2.75) is 60.8 Å². The molecule has 5 nitrogen and oxygen atoms in total. The standard InChI is InChI=1S/C28H31N3O2S/c1-2-33-27-25(34-23-11-7-4-8-12-23)24(30-31(27)22-9-5-3-6-10-22)26(32)29-28-16-19-13-20(17-28)15-21(14-19)18-28/h3-12,19-21H,2,13-18H2,1H3,(H,29,32). The maximum Gasteiger partial charge on any atom is 0.273 e. The number of ether oxygens (including phenoxy) is 1. The second kappa shape index (κ2) is 8.81. The van der Waals surface area contributed by atoms with Crippen LogP contribution in [0.5, 0.6) is 5.88 Å². The highest BCUT2D eigenvalue weighted by Gasteiger charge is 2.51. The Balaban J connectivity index is 1.39. The molecule has 0 aliphatic heterocycles. The molecule has 2 aromatic carbocycles. The van der Waals surface area contributed by atoms with Crippen molar-refractivity contribution in [3.05, 3.63) is 66.4 Å². The monoisotopic (exact) mass is 473 g/mol. The zero-order chi connectivity index (χ0) is 23.1. The minimum Gasteiger partial charge on any atom is -0.477 e. The van der Waals surface area contributed by atoms with Gasteiger partial charge in [0.25, 0.3) is 5.91 Å². The minimum absolute atomic E-state index is 0.0666. The van der Waals surface area contributed by atoms with Gasteiger partial charge >= 0.3 is 0 Å². The summed E-state index contributed by atoms with van der Waals surface area (Å²) in [5.74, 6) is 2.86. The van der Waals surface area contributed by atoms with Crippen LogP contribution in [0.4, 0.5) is 0 Å². The molecule has 4 aliphatic rings. The lowest BCUT2D eigenvalue weighted by Crippen LogP contribution is -2.59. The molecular formula is C28H31N3O2S. The summed E-state index contributed by atoms with van der Waals surface area (Å²) in [5, 5.41) is 8.37. The predicted molar refractivity (Wildman–Crippen MR) is 134 cm³/mol. The second-order valence-corrected chi connectivity index (χ2v) is 11.3. The van der Waals surface area contributed by atoms with Crippen molar-refractivity contribution in [1.82, 2.24) is 15.1 Å². The first-order valence-electron chi connectivity index (χ1n) is 12.5. The van der Waals surface area contributed by atoms with Crippen molar-refractivity contribution < 1.29 is 9.53 Å². The van der Waals surface area contributed by atoms with Crippen LogP contribution in [0.1, 0.15) is 55.9 Å². The number of nitrogens with one attached hydrogen (secondary N) is 1. The number of hydrogen-bond donors (Lipinski definition) is 1. The highest BCUT2D eigenvalue weighted by atomic mass is 32.2. The SMILES string of the molecule is CCOc1c(Sc2ccccc2)c(C(=O)NC23CC4CC(CC(C4)C2)C3)nn1-c1ccccc1. The van der Waals surface area contributed by atoms with Gasteiger partial charge < -0.3 is 10.1 Å². The molecule has 1 aromatic heterocycles. The average molecular weight is 474 g/mol. The van der Waals surface area contributed by atoms with Gasteiger partial charge in [-0.25, -0.2) is 0 Å². The summed E-state index contributed by atoms with van der Waals surface area (Å²) < 4.78 is 7.90. The third-order valence-corrected chi connectivity index (χ3v) is 8.76. The predicted octanol–water partition coefficient (Wildman–Crippen LogP) is 6.12. The van der Waals surface area contributed by atoms with Crippen LogP contribution in [0.15, 0.2) is 70.5 Å². The molecule has 4 bridgehead atoms. The van der Waals surface area contributed by atoms with Gasteiger partial charge in [-0.3, -0.25) is 4.79 Å². The van der Waals surface area contributed by atoms with E-state index in [0.717, 1.165) is 52.5 Å². The zero-order valence-electron chi connectivity index (χ0n) is 19.6. The molecule has 0 spiro atoms. The fraction of sp³-hybridized carbons (Fsp3) is 0.429. The average Bonchev–Trinajstić information content (AvgIpc) is 3.17. The Hall–Kier alpha value is -2.73. The summed E-state index contributed by atoms with van der Waals surface area (Å²) >= 11 is 1.55. The van der Waals surface area contributed by atoms with Gasteiger partial charge in [0.1, 0.15) is 4.90 Å². The van der Waals surface area contributed by atoms with Crippen molar-refractivity contribution >= 4 is 17.7 Å². The highest BCUT2D eigenvalue weighted by molar-refractivity contribution is 7.99. The van der Waals surface area contributed by atoms with E-state index in [-0.39, 0.29) is 11.4 Å². The van der Waals surface area contributed by atoms with Crippen LogP contribution in [-0.4, -0.2) is 27.8 Å². The number of carbonyl (C=O) groups excluding carboxylic acids is 1. The molecule has 6 heteroatoms. The molecular weight excluding hydrogens is 442 g/mol. The number of nitrogens with zero attached hydrogens (tertiary/aromatic N) is 2. The molecule has 4 aliphatic carbocycles. The quantitative estimate of drug-likeness (QED) is 0.449. The lowest BCUT2D eigenvalue weighted by Gasteiger charge is -2.56. The Kier molecular flexibility index (Phi) is 5.64. The lowest BCUT2D eigenvalue weighted by atomic mass is 9.53. The summed E-state index contributed by atoms with van der Waals surface area (Å²) in [4.78, 5) is 15.7. The maximum absolute atomic E-state index is 13.9. The molecule has 1 amide bonds. The third-order valence-electron chi connectivity index (χ3n) is 7.68. The van der Waals surface area contributed by atoms with Gasteiger partial charge in [0.2, 0.25) is 5.88 Å². The number of aromatic nitrogens is 2. The van der Waals surface area contributed by atoms with E-state index < -0.39 is 0 Å². The van der Waals surface area contributed by atoms with E-state index in [4.69, 9.17) is 9.84 Å². The third kappa shape index (κ3) is 4.02. The first kappa shape index (κ1) is 21.8. The van der Waals surface area contributed by atoms with Crippen LogP contribution in [-0.2, 0) is 0 Å². The van der Waals surface area contributed by atoms with Gasteiger partial charge in [0.05, 0.1) is 12.3 Å². The molecule has 0 radical (unpaired) electrons. The summed E-state index contributed by atoms with van der Waals surface area (Å²) in [7, 11) is 0. The fourth-order valence-corrected chi connectivity index (χ4v) is 7.80. The van der Waals surface area contributed by atoms with Crippen molar-refractivity contribution in [3.8, 4) is 11.6 Å². The van der Waals surface area contributed by atoms with E-state index >= 15 is 0 Å². The molecule has 1 heterocycles. The van der Waals surface area contributed by atoms with Crippen LogP contribution in [0.3, 0.4) is 0 Å². The molecule has 0 unspecified atom stereocenters. The summed E-state index contributed by atoms with van der Waals surface area (Å²) in [6.07, 6.45) is 7.39. The molecule has 7 rings (SSSR count). The van der Waals surface area contributed by atoms with Crippen LogP contribution < -0.4 is 10.1 Å². The number of amides is 1. The fourth-order valence-electron chi connectivity index (χ4n) is 6.81. The summed E-state index contributed by atoms with van der Waals surface area (Å²) in [5.41, 5.74) is 1.27. The lowest BCUT2D eigenvalue weighted by molar-refractivity contribution is -0.0168. The van der Waals surface area contributed by atoms with Crippen LogP contribution in [0.2, 0.25) is 0 Å². The van der Waals surface area contributed by atoms with Crippen molar-refractivity contribution in [1.29, 1.82) is 0 Å². The second-order valence-electron chi connectivity index (χ2n) is 10.2. The van der Waals surface area contributed by atoms with Crippen LogP contribution in [0.25, 0.3) is 5.69 Å². The molecule has 176 valence electrons. The van der Waals surface area contributed by atoms with E-state index in [1.807, 2.05) is 55.5 Å². The van der Waals surface area contributed by atoms with E-state index in [0.29, 0.717) is 18.2 Å². The maximum atomic E-state index is 13.9. The number of benzene rings is 2. The highest BCUT2D eigenvalue weighted by Crippen LogP contribution is 2.55. The van der Waals surface area contributed by atoms with E-state index in [9.17, 15) is 4.79 Å². The van der Waals surface area contributed by atoms with E-state index in [1.165, 1.54) is 19.3 Å². The van der Waals surface area contributed by atoms with Gasteiger partial charge in [-0.05, 0) is 87.5 Å². The summed E-state index contributed by atoms with van der Waals surface area (Å²) in [6.45, 7) is 2.46. The van der Waals surface area contributed by atoms with Crippen LogP contribution >= 0.6 is 11.8 Å².